The highest BCUT2D eigenvalue weighted by atomic mass is 16.3. The van der Waals surface area contributed by atoms with Crippen molar-refractivity contribution in [3.8, 4) is 0 Å². The van der Waals surface area contributed by atoms with Crippen molar-refractivity contribution >= 4 is 5.78 Å². The standard InChI is InChI=1S/C21H32O2/c1-4-13-11-18(23)21(3)10-8-17-16(19(13)21)6-5-14-12-15(22)7-9-20(14,17)2/h12-13,16-19,23H,4-11H2,1-3H3/t13?,16-,17+,18+,19+,20+,21-/m1/s1. The van der Waals surface area contributed by atoms with Gasteiger partial charge in [-0.2, -0.15) is 0 Å². The number of ketones is 1. The second kappa shape index (κ2) is 5.18. The van der Waals surface area contributed by atoms with Crippen molar-refractivity contribution in [3.63, 3.8) is 0 Å². The molecule has 4 aliphatic carbocycles. The first kappa shape index (κ1) is 15.9. The Balaban J connectivity index is 1.71. The predicted molar refractivity (Wildman–Crippen MR) is 91.9 cm³/mol. The molecule has 7 atom stereocenters. The molecule has 0 radical (unpaired) electrons. The van der Waals surface area contributed by atoms with Crippen LogP contribution >= 0.6 is 0 Å². The van der Waals surface area contributed by atoms with Gasteiger partial charge in [0.05, 0.1) is 6.10 Å². The van der Waals surface area contributed by atoms with Gasteiger partial charge < -0.3 is 5.11 Å². The van der Waals surface area contributed by atoms with Crippen LogP contribution in [0, 0.1) is 34.5 Å². The average molecular weight is 316 g/mol. The number of allylic oxidation sites excluding steroid dienone is 1. The maximum atomic E-state index is 11.9. The van der Waals surface area contributed by atoms with Crippen molar-refractivity contribution in [2.75, 3.05) is 0 Å². The molecule has 4 aliphatic rings. The Kier molecular flexibility index (Phi) is 3.58. The monoisotopic (exact) mass is 316 g/mol. The van der Waals surface area contributed by atoms with Gasteiger partial charge in [0.15, 0.2) is 5.78 Å². The molecule has 0 aromatic heterocycles. The second-order valence-electron chi connectivity index (χ2n) is 9.35. The van der Waals surface area contributed by atoms with Crippen LogP contribution in [0.5, 0.6) is 0 Å². The summed E-state index contributed by atoms with van der Waals surface area (Å²) >= 11 is 0. The van der Waals surface area contributed by atoms with Crippen LogP contribution in [0.1, 0.15) is 72.1 Å². The van der Waals surface area contributed by atoms with E-state index in [1.54, 1.807) is 0 Å². The molecule has 23 heavy (non-hydrogen) atoms. The minimum atomic E-state index is -0.101. The Bertz CT molecular complexity index is 550. The molecule has 128 valence electrons. The summed E-state index contributed by atoms with van der Waals surface area (Å²) in [5.41, 5.74) is 1.85. The lowest BCUT2D eigenvalue weighted by Gasteiger charge is -2.58. The molecule has 1 N–H and O–H groups in total. The van der Waals surface area contributed by atoms with Crippen LogP contribution in [-0.2, 0) is 4.79 Å². The molecule has 0 aromatic rings. The Hall–Kier alpha value is -0.630. The van der Waals surface area contributed by atoms with Crippen LogP contribution < -0.4 is 0 Å². The number of aliphatic hydroxyl groups excluding tert-OH is 1. The molecule has 4 rings (SSSR count). The summed E-state index contributed by atoms with van der Waals surface area (Å²) in [5.74, 6) is 3.22. The molecule has 0 spiro atoms. The van der Waals surface area contributed by atoms with Crippen LogP contribution in [0.2, 0.25) is 0 Å². The fourth-order valence-electron chi connectivity index (χ4n) is 7.24. The Morgan fingerprint density at radius 1 is 1.22 bits per heavy atom. The molecule has 0 heterocycles. The smallest absolute Gasteiger partial charge is 0.155 e. The van der Waals surface area contributed by atoms with Crippen molar-refractivity contribution in [2.45, 2.75) is 78.2 Å². The summed E-state index contributed by atoms with van der Waals surface area (Å²) in [5, 5.41) is 10.8. The molecule has 2 nitrogen and oxygen atoms in total. The van der Waals surface area contributed by atoms with Gasteiger partial charge in [0, 0.05) is 6.42 Å². The molecule has 0 bridgehead atoms. The van der Waals surface area contributed by atoms with Crippen LogP contribution in [0.15, 0.2) is 11.6 Å². The highest BCUT2D eigenvalue weighted by Crippen LogP contribution is 2.66. The summed E-state index contributed by atoms with van der Waals surface area (Å²) in [6.07, 6.45) is 10.7. The summed E-state index contributed by atoms with van der Waals surface area (Å²) in [6, 6.07) is 0. The third kappa shape index (κ3) is 2.06. The van der Waals surface area contributed by atoms with E-state index in [2.05, 4.69) is 20.8 Å². The second-order valence-corrected chi connectivity index (χ2v) is 9.35. The van der Waals surface area contributed by atoms with Crippen molar-refractivity contribution in [3.05, 3.63) is 11.6 Å². The number of fused-ring (bicyclic) bond motifs is 5. The molecular weight excluding hydrogens is 284 g/mol. The molecule has 3 fully saturated rings. The van der Waals surface area contributed by atoms with E-state index in [0.29, 0.717) is 17.6 Å². The van der Waals surface area contributed by atoms with E-state index >= 15 is 0 Å². The SMILES string of the molecule is CCC1C[C@H](O)[C@@]2(C)CC[C@H]3[C@@H](CCC4=CC(=O)CC[C@@]43C)[C@H]12. The number of hydrogen-bond acceptors (Lipinski definition) is 2. The largest absolute Gasteiger partial charge is 0.393 e. The van der Waals surface area contributed by atoms with Gasteiger partial charge in [-0.1, -0.05) is 32.8 Å². The first-order chi connectivity index (χ1) is 10.9. The zero-order valence-electron chi connectivity index (χ0n) is 15.0. The van der Waals surface area contributed by atoms with Gasteiger partial charge in [-0.05, 0) is 79.1 Å². The fraction of sp³-hybridized carbons (Fsp3) is 0.857. The van der Waals surface area contributed by atoms with Gasteiger partial charge in [0.2, 0.25) is 0 Å². The molecule has 1 unspecified atom stereocenters. The molecule has 0 aliphatic heterocycles. The molecule has 0 amide bonds. The summed E-state index contributed by atoms with van der Waals surface area (Å²) in [4.78, 5) is 11.9. The minimum absolute atomic E-state index is 0.101. The van der Waals surface area contributed by atoms with Crippen LogP contribution in [0.25, 0.3) is 0 Å². The highest BCUT2D eigenvalue weighted by molar-refractivity contribution is 5.91. The van der Waals surface area contributed by atoms with E-state index in [0.717, 1.165) is 37.5 Å². The Morgan fingerprint density at radius 3 is 2.74 bits per heavy atom. The van der Waals surface area contributed by atoms with Crippen molar-refractivity contribution < 1.29 is 9.90 Å². The van der Waals surface area contributed by atoms with Gasteiger partial charge in [0.1, 0.15) is 0 Å². The fourth-order valence-corrected chi connectivity index (χ4v) is 7.24. The van der Waals surface area contributed by atoms with E-state index in [1.165, 1.54) is 31.3 Å². The summed E-state index contributed by atoms with van der Waals surface area (Å²) < 4.78 is 0. The average Bonchev–Trinajstić information content (AvgIpc) is 2.79. The molecule has 0 saturated heterocycles. The molecule has 0 aromatic carbocycles. The number of rotatable bonds is 1. The number of carbonyl (C=O) groups excluding carboxylic acids is 1. The normalized spacial score (nSPS) is 52.4. The number of hydrogen-bond donors (Lipinski definition) is 1. The number of aliphatic hydroxyl groups is 1. The van der Waals surface area contributed by atoms with E-state index in [4.69, 9.17) is 0 Å². The van der Waals surface area contributed by atoms with Gasteiger partial charge in [-0.15, -0.1) is 0 Å². The lowest BCUT2D eigenvalue weighted by molar-refractivity contribution is -0.118. The third-order valence-electron chi connectivity index (χ3n) is 8.58. The van der Waals surface area contributed by atoms with Gasteiger partial charge >= 0.3 is 0 Å². The minimum Gasteiger partial charge on any atom is -0.393 e. The molecule has 2 heteroatoms. The van der Waals surface area contributed by atoms with Crippen LogP contribution in [0.3, 0.4) is 0 Å². The lowest BCUT2D eigenvalue weighted by Crippen LogP contribution is -2.52. The van der Waals surface area contributed by atoms with Crippen LogP contribution in [-0.4, -0.2) is 17.0 Å². The Labute approximate surface area is 140 Å². The van der Waals surface area contributed by atoms with Crippen molar-refractivity contribution in [1.29, 1.82) is 0 Å². The maximum Gasteiger partial charge on any atom is 0.155 e. The van der Waals surface area contributed by atoms with Crippen molar-refractivity contribution in [2.24, 2.45) is 34.5 Å². The van der Waals surface area contributed by atoms with Gasteiger partial charge in [-0.3, -0.25) is 4.79 Å². The molecular formula is C21H32O2. The quantitative estimate of drug-likeness (QED) is 0.772. The summed E-state index contributed by atoms with van der Waals surface area (Å²) in [7, 11) is 0. The zero-order valence-corrected chi connectivity index (χ0v) is 15.0. The Morgan fingerprint density at radius 2 is 2.00 bits per heavy atom. The van der Waals surface area contributed by atoms with Gasteiger partial charge in [0.25, 0.3) is 0 Å². The zero-order chi connectivity index (χ0) is 16.4. The van der Waals surface area contributed by atoms with E-state index in [-0.39, 0.29) is 16.9 Å². The third-order valence-corrected chi connectivity index (χ3v) is 8.58. The van der Waals surface area contributed by atoms with Crippen LogP contribution in [0.4, 0.5) is 0 Å². The van der Waals surface area contributed by atoms with E-state index in [1.807, 2.05) is 6.08 Å². The van der Waals surface area contributed by atoms with E-state index in [9.17, 15) is 9.90 Å². The topological polar surface area (TPSA) is 37.3 Å². The van der Waals surface area contributed by atoms with Crippen molar-refractivity contribution in [1.82, 2.24) is 0 Å². The summed E-state index contributed by atoms with van der Waals surface area (Å²) in [6.45, 7) is 7.12. The predicted octanol–water partition coefficient (Wildman–Crippen LogP) is 4.52. The highest BCUT2D eigenvalue weighted by Gasteiger charge is 2.61. The molecule has 3 saturated carbocycles. The van der Waals surface area contributed by atoms with E-state index < -0.39 is 0 Å². The first-order valence-electron chi connectivity index (χ1n) is 9.82. The maximum absolute atomic E-state index is 11.9. The lowest BCUT2D eigenvalue weighted by atomic mass is 9.46. The first-order valence-corrected chi connectivity index (χ1v) is 9.82. The van der Waals surface area contributed by atoms with Gasteiger partial charge in [-0.25, -0.2) is 0 Å². The number of carbonyl (C=O) groups is 1.